The van der Waals surface area contributed by atoms with Crippen molar-refractivity contribution in [2.75, 3.05) is 6.54 Å². The van der Waals surface area contributed by atoms with Gasteiger partial charge in [-0.05, 0) is 54.7 Å². The Morgan fingerprint density at radius 3 is 2.64 bits per heavy atom. The second-order valence-electron chi connectivity index (χ2n) is 7.16. The van der Waals surface area contributed by atoms with Crippen molar-refractivity contribution in [3.63, 3.8) is 0 Å². The molecule has 1 fully saturated rings. The lowest BCUT2D eigenvalue weighted by molar-refractivity contribution is 0.186. The lowest BCUT2D eigenvalue weighted by Crippen LogP contribution is -2.45. The maximum absolute atomic E-state index is 9.84. The van der Waals surface area contributed by atoms with Gasteiger partial charge in [0, 0.05) is 30.2 Å². The Hall–Kier alpha value is -1.77. The largest absolute Gasteiger partial charge is 0.508 e. The van der Waals surface area contributed by atoms with Gasteiger partial charge in [0.05, 0.1) is 0 Å². The molecule has 0 aromatic heterocycles. The highest BCUT2D eigenvalue weighted by Crippen LogP contribution is 2.50. The van der Waals surface area contributed by atoms with Gasteiger partial charge in [-0.25, -0.2) is 0 Å². The van der Waals surface area contributed by atoms with E-state index in [4.69, 9.17) is 4.99 Å². The topological polar surface area (TPSA) is 52.8 Å². The molecule has 3 heteroatoms. The molecular weight excluding hydrogens is 274 g/mol. The molecule has 2 aliphatic carbocycles. The number of allylic oxidation sites excluding steroid dienone is 2. The van der Waals surface area contributed by atoms with Gasteiger partial charge in [0.15, 0.2) is 0 Å². The van der Waals surface area contributed by atoms with Crippen LogP contribution in [0.25, 0.3) is 0 Å². The molecule has 0 radical (unpaired) electrons. The Labute approximate surface area is 131 Å². The highest BCUT2D eigenvalue weighted by atomic mass is 16.3. The van der Waals surface area contributed by atoms with Crippen molar-refractivity contribution in [2.45, 2.75) is 32.1 Å². The molecule has 1 saturated carbocycles. The van der Waals surface area contributed by atoms with E-state index >= 15 is 0 Å². The van der Waals surface area contributed by atoms with Crippen molar-refractivity contribution in [3.8, 4) is 11.5 Å². The summed E-state index contributed by atoms with van der Waals surface area (Å²) in [6.45, 7) is 3.21. The molecule has 0 unspecified atom stereocenters. The minimum absolute atomic E-state index is 0.145. The second kappa shape index (κ2) is 5.15. The van der Waals surface area contributed by atoms with Gasteiger partial charge in [-0.1, -0.05) is 19.1 Å². The maximum atomic E-state index is 9.84. The van der Waals surface area contributed by atoms with Gasteiger partial charge in [-0.3, -0.25) is 4.99 Å². The Kier molecular flexibility index (Phi) is 3.24. The number of aliphatic imine (C=N–C) groups is 1. The summed E-state index contributed by atoms with van der Waals surface area (Å²) in [4.78, 5) is 4.86. The monoisotopic (exact) mass is 297 g/mol. The first-order chi connectivity index (χ1) is 10.6. The van der Waals surface area contributed by atoms with Gasteiger partial charge in [-0.2, -0.15) is 0 Å². The summed E-state index contributed by atoms with van der Waals surface area (Å²) < 4.78 is 0. The van der Waals surface area contributed by atoms with Crippen molar-refractivity contribution < 1.29 is 10.2 Å². The third-order valence-electron chi connectivity index (χ3n) is 5.76. The molecule has 116 valence electrons. The van der Waals surface area contributed by atoms with E-state index in [9.17, 15) is 10.2 Å². The van der Waals surface area contributed by atoms with Crippen LogP contribution in [-0.2, 0) is 0 Å². The summed E-state index contributed by atoms with van der Waals surface area (Å²) in [7, 11) is 0. The fraction of sp³-hybridized carbons (Fsp3) is 0.526. The highest BCUT2D eigenvalue weighted by Gasteiger charge is 2.45. The molecule has 1 aromatic rings. The molecule has 2 N–H and O–H groups in total. The van der Waals surface area contributed by atoms with Crippen molar-refractivity contribution in [2.24, 2.45) is 28.7 Å². The van der Waals surface area contributed by atoms with Crippen LogP contribution in [0.2, 0.25) is 0 Å². The number of phenolic OH excluding ortho intramolecular Hbond substituents is 2. The zero-order chi connectivity index (χ0) is 15.3. The Balaban J connectivity index is 1.79. The number of benzene rings is 1. The average molecular weight is 297 g/mol. The molecule has 1 aromatic carbocycles. The van der Waals surface area contributed by atoms with Crippen LogP contribution in [0, 0.1) is 23.7 Å². The number of nitrogens with zero attached hydrogens (tertiary/aromatic N) is 1. The zero-order valence-electron chi connectivity index (χ0n) is 12.9. The Morgan fingerprint density at radius 2 is 1.86 bits per heavy atom. The molecule has 0 spiro atoms. The van der Waals surface area contributed by atoms with Crippen molar-refractivity contribution >= 4 is 5.71 Å². The quantitative estimate of drug-likeness (QED) is 0.773. The van der Waals surface area contributed by atoms with E-state index < -0.39 is 0 Å². The van der Waals surface area contributed by atoms with E-state index in [1.165, 1.54) is 24.6 Å². The Bertz CT molecular complexity index is 629. The molecule has 3 aliphatic rings. The molecule has 1 aliphatic heterocycles. The van der Waals surface area contributed by atoms with Crippen LogP contribution < -0.4 is 0 Å². The predicted octanol–water partition coefficient (Wildman–Crippen LogP) is 3.87. The SMILES string of the molecule is C[C@H]1CN=C2CCC[C@H]3C=C[C@@H](c4cc(O)cc(O)c4)[C@@H]1[C@H]23. The molecule has 0 bridgehead atoms. The summed E-state index contributed by atoms with van der Waals surface area (Å²) in [5.41, 5.74) is 2.44. The molecule has 4 rings (SSSR count). The molecule has 1 heterocycles. The normalized spacial score (nSPS) is 36.6. The molecule has 5 atom stereocenters. The minimum atomic E-state index is 0.145. The second-order valence-corrected chi connectivity index (χ2v) is 7.16. The summed E-state index contributed by atoms with van der Waals surface area (Å²) in [5.74, 6) is 2.80. The zero-order valence-corrected chi connectivity index (χ0v) is 12.9. The van der Waals surface area contributed by atoms with E-state index in [-0.39, 0.29) is 17.4 Å². The third kappa shape index (κ3) is 2.15. The predicted molar refractivity (Wildman–Crippen MR) is 87.4 cm³/mol. The van der Waals surface area contributed by atoms with Crippen LogP contribution >= 0.6 is 0 Å². The summed E-state index contributed by atoms with van der Waals surface area (Å²) in [6.07, 6.45) is 8.34. The standard InChI is InChI=1S/C19H23NO2/c1-11-10-20-17-4-2-3-12-5-6-16(18(11)19(12)17)13-7-14(21)9-15(22)8-13/h5-9,11-12,16,18-19,21-22H,2-4,10H2,1H3/t11-,12-,16-,18+,19-/m0/s1. The number of aromatic hydroxyl groups is 2. The van der Waals surface area contributed by atoms with E-state index in [1.54, 1.807) is 12.1 Å². The molecule has 0 saturated heterocycles. The fourth-order valence-electron chi connectivity index (χ4n) is 4.87. The lowest BCUT2D eigenvalue weighted by Gasteiger charge is -2.48. The van der Waals surface area contributed by atoms with Crippen LogP contribution in [0.1, 0.15) is 37.7 Å². The van der Waals surface area contributed by atoms with Crippen LogP contribution in [0.15, 0.2) is 35.3 Å². The van der Waals surface area contributed by atoms with Crippen LogP contribution in [0.3, 0.4) is 0 Å². The van der Waals surface area contributed by atoms with Crippen LogP contribution in [0.5, 0.6) is 11.5 Å². The first-order valence-corrected chi connectivity index (χ1v) is 8.38. The fourth-order valence-corrected chi connectivity index (χ4v) is 4.87. The number of hydrogen-bond donors (Lipinski definition) is 2. The molecular formula is C19H23NO2. The van der Waals surface area contributed by atoms with Gasteiger partial charge in [0.1, 0.15) is 11.5 Å². The highest BCUT2D eigenvalue weighted by molar-refractivity contribution is 5.89. The summed E-state index contributed by atoms with van der Waals surface area (Å²) >= 11 is 0. The van der Waals surface area contributed by atoms with Gasteiger partial charge in [-0.15, -0.1) is 0 Å². The van der Waals surface area contributed by atoms with E-state index in [0.717, 1.165) is 18.5 Å². The first kappa shape index (κ1) is 13.9. The molecule has 0 amide bonds. The van der Waals surface area contributed by atoms with Gasteiger partial charge in [0.25, 0.3) is 0 Å². The Morgan fingerprint density at radius 1 is 1.09 bits per heavy atom. The number of phenols is 2. The van der Waals surface area contributed by atoms with E-state index in [1.807, 2.05) is 0 Å². The third-order valence-corrected chi connectivity index (χ3v) is 5.76. The van der Waals surface area contributed by atoms with E-state index in [0.29, 0.717) is 23.7 Å². The smallest absolute Gasteiger partial charge is 0.119 e. The molecule has 3 nitrogen and oxygen atoms in total. The number of rotatable bonds is 1. The van der Waals surface area contributed by atoms with Crippen molar-refractivity contribution in [1.82, 2.24) is 0 Å². The van der Waals surface area contributed by atoms with Crippen LogP contribution in [0.4, 0.5) is 0 Å². The maximum Gasteiger partial charge on any atom is 0.119 e. The van der Waals surface area contributed by atoms with Gasteiger partial charge in [0.2, 0.25) is 0 Å². The lowest BCUT2D eigenvalue weighted by atomic mass is 9.58. The van der Waals surface area contributed by atoms with Crippen molar-refractivity contribution in [3.05, 3.63) is 35.9 Å². The minimum Gasteiger partial charge on any atom is -0.508 e. The summed E-state index contributed by atoms with van der Waals surface area (Å²) in [5, 5.41) is 19.7. The van der Waals surface area contributed by atoms with Crippen molar-refractivity contribution in [1.29, 1.82) is 0 Å². The summed E-state index contributed by atoms with van der Waals surface area (Å²) in [6, 6.07) is 5.00. The number of hydrogen-bond acceptors (Lipinski definition) is 3. The average Bonchev–Trinajstić information content (AvgIpc) is 2.50. The van der Waals surface area contributed by atoms with Gasteiger partial charge < -0.3 is 10.2 Å². The molecule has 22 heavy (non-hydrogen) atoms. The first-order valence-electron chi connectivity index (χ1n) is 8.38. The van der Waals surface area contributed by atoms with E-state index in [2.05, 4.69) is 19.1 Å². The van der Waals surface area contributed by atoms with Crippen LogP contribution in [-0.4, -0.2) is 22.5 Å². The van der Waals surface area contributed by atoms with Gasteiger partial charge >= 0.3 is 0 Å².